The van der Waals surface area contributed by atoms with Gasteiger partial charge in [-0.05, 0) is 36.8 Å². The van der Waals surface area contributed by atoms with E-state index >= 15 is 0 Å². The second-order valence-electron chi connectivity index (χ2n) is 6.25. The number of pyridine rings is 1. The number of amides is 2. The van der Waals surface area contributed by atoms with Gasteiger partial charge in [-0.1, -0.05) is 0 Å². The van der Waals surface area contributed by atoms with E-state index < -0.39 is 0 Å². The van der Waals surface area contributed by atoms with Gasteiger partial charge in [0.25, 0.3) is 11.8 Å². The molecule has 0 bridgehead atoms. The lowest BCUT2D eigenvalue weighted by Crippen LogP contribution is -2.37. The number of rotatable bonds is 2. The smallest absolute Gasteiger partial charge is 0.255 e. The number of nitrogens with zero attached hydrogens (tertiary/aromatic N) is 3. The van der Waals surface area contributed by atoms with Gasteiger partial charge in [-0.25, -0.2) is 0 Å². The summed E-state index contributed by atoms with van der Waals surface area (Å²) in [5.41, 5.74) is 1.14. The maximum absolute atomic E-state index is 12.8. The van der Waals surface area contributed by atoms with Crippen molar-refractivity contribution in [1.29, 1.82) is 0 Å². The first kappa shape index (κ1) is 16.4. The standard InChI is InChI=1S/C19H19N3O4/c23-18(14-4-5-16-17(11-14)26-13-25-16)21-7-2-8-22(10-9-21)19(24)15-3-1-6-20-12-15/h1,3-6,11-12H,2,7-10,13H2. The van der Waals surface area contributed by atoms with Crippen molar-refractivity contribution >= 4 is 11.8 Å². The third kappa shape index (κ3) is 3.20. The molecule has 2 aliphatic heterocycles. The molecule has 2 aliphatic rings. The van der Waals surface area contributed by atoms with E-state index in [0.29, 0.717) is 48.8 Å². The summed E-state index contributed by atoms with van der Waals surface area (Å²) in [6, 6.07) is 8.73. The van der Waals surface area contributed by atoms with Crippen LogP contribution < -0.4 is 9.47 Å². The van der Waals surface area contributed by atoms with Gasteiger partial charge >= 0.3 is 0 Å². The summed E-state index contributed by atoms with van der Waals surface area (Å²) in [5, 5.41) is 0. The molecule has 0 unspecified atom stereocenters. The van der Waals surface area contributed by atoms with Crippen molar-refractivity contribution in [1.82, 2.24) is 14.8 Å². The van der Waals surface area contributed by atoms with Crippen molar-refractivity contribution in [2.24, 2.45) is 0 Å². The average molecular weight is 353 g/mol. The lowest BCUT2D eigenvalue weighted by atomic mass is 10.1. The number of carbonyl (C=O) groups is 2. The summed E-state index contributed by atoms with van der Waals surface area (Å²) in [6.45, 7) is 2.42. The highest BCUT2D eigenvalue weighted by molar-refractivity contribution is 5.95. The minimum atomic E-state index is -0.0565. The van der Waals surface area contributed by atoms with Crippen molar-refractivity contribution in [3.63, 3.8) is 0 Å². The van der Waals surface area contributed by atoms with Crippen LogP contribution in [0.25, 0.3) is 0 Å². The van der Waals surface area contributed by atoms with Crippen LogP contribution in [0.3, 0.4) is 0 Å². The predicted molar refractivity (Wildman–Crippen MR) is 93.2 cm³/mol. The molecule has 1 aromatic carbocycles. The van der Waals surface area contributed by atoms with Crippen LogP contribution in [0.4, 0.5) is 0 Å². The summed E-state index contributed by atoms with van der Waals surface area (Å²) >= 11 is 0. The third-order valence-electron chi connectivity index (χ3n) is 4.60. The van der Waals surface area contributed by atoms with Crippen LogP contribution in [0, 0.1) is 0 Å². The summed E-state index contributed by atoms with van der Waals surface area (Å²) < 4.78 is 10.6. The Kier molecular flexibility index (Phi) is 4.43. The maximum Gasteiger partial charge on any atom is 0.255 e. The first-order valence-corrected chi connectivity index (χ1v) is 8.60. The molecule has 0 saturated carbocycles. The van der Waals surface area contributed by atoms with E-state index in [9.17, 15) is 9.59 Å². The van der Waals surface area contributed by atoms with Gasteiger partial charge in [-0.2, -0.15) is 0 Å². The van der Waals surface area contributed by atoms with Gasteiger partial charge in [0.15, 0.2) is 11.5 Å². The van der Waals surface area contributed by atoms with Crippen LogP contribution in [-0.4, -0.2) is 59.6 Å². The van der Waals surface area contributed by atoms with Crippen molar-refractivity contribution < 1.29 is 19.1 Å². The number of aromatic nitrogens is 1. The zero-order chi connectivity index (χ0) is 17.9. The molecule has 0 aliphatic carbocycles. The van der Waals surface area contributed by atoms with Crippen molar-refractivity contribution in [3.8, 4) is 11.5 Å². The lowest BCUT2D eigenvalue weighted by Gasteiger charge is -2.22. The molecule has 7 heteroatoms. The van der Waals surface area contributed by atoms with Gasteiger partial charge in [-0.15, -0.1) is 0 Å². The number of carbonyl (C=O) groups excluding carboxylic acids is 2. The molecule has 0 spiro atoms. The highest BCUT2D eigenvalue weighted by atomic mass is 16.7. The normalized spacial score (nSPS) is 16.3. The molecule has 134 valence electrons. The SMILES string of the molecule is O=C(c1cccnc1)N1CCCN(C(=O)c2ccc3c(c2)OCO3)CC1. The Hall–Kier alpha value is -3.09. The molecule has 26 heavy (non-hydrogen) atoms. The maximum atomic E-state index is 12.8. The van der Waals surface area contributed by atoms with Gasteiger partial charge in [0.2, 0.25) is 6.79 Å². The Morgan fingerprint density at radius 1 is 0.885 bits per heavy atom. The molecule has 7 nitrogen and oxygen atoms in total. The number of hydrogen-bond donors (Lipinski definition) is 0. The monoisotopic (exact) mass is 353 g/mol. The minimum absolute atomic E-state index is 0.0459. The van der Waals surface area contributed by atoms with Crippen molar-refractivity contribution in [2.45, 2.75) is 6.42 Å². The van der Waals surface area contributed by atoms with E-state index in [1.165, 1.54) is 0 Å². The second-order valence-corrected chi connectivity index (χ2v) is 6.25. The second kappa shape index (κ2) is 7.03. The quantitative estimate of drug-likeness (QED) is 0.823. The van der Waals surface area contributed by atoms with E-state index in [1.807, 2.05) is 0 Å². The number of fused-ring (bicyclic) bond motifs is 1. The van der Waals surface area contributed by atoms with Gasteiger partial charge in [0.1, 0.15) is 0 Å². The van der Waals surface area contributed by atoms with E-state index in [-0.39, 0.29) is 18.6 Å². The molecule has 1 aromatic heterocycles. The molecule has 0 radical (unpaired) electrons. The average Bonchev–Trinajstić information content (AvgIpc) is 3.02. The van der Waals surface area contributed by atoms with Gasteiger partial charge in [-0.3, -0.25) is 14.6 Å². The summed E-state index contributed by atoms with van der Waals surface area (Å²) in [7, 11) is 0. The van der Waals surface area contributed by atoms with Crippen LogP contribution >= 0.6 is 0 Å². The van der Waals surface area contributed by atoms with E-state index in [1.54, 1.807) is 52.5 Å². The Balaban J connectivity index is 1.43. The zero-order valence-corrected chi connectivity index (χ0v) is 14.3. The highest BCUT2D eigenvalue weighted by Gasteiger charge is 2.25. The molecule has 2 aromatic rings. The summed E-state index contributed by atoms with van der Waals surface area (Å²) in [6.07, 6.45) is 3.95. The molecule has 3 heterocycles. The number of hydrogen-bond acceptors (Lipinski definition) is 5. The summed E-state index contributed by atoms with van der Waals surface area (Å²) in [4.78, 5) is 33.0. The zero-order valence-electron chi connectivity index (χ0n) is 14.3. The van der Waals surface area contributed by atoms with Gasteiger partial charge in [0.05, 0.1) is 5.56 Å². The molecule has 1 saturated heterocycles. The first-order chi connectivity index (χ1) is 12.7. The molecular weight excluding hydrogens is 334 g/mol. The topological polar surface area (TPSA) is 72.0 Å². The molecule has 0 N–H and O–H groups in total. The van der Waals surface area contributed by atoms with Gasteiger partial charge < -0.3 is 19.3 Å². The highest BCUT2D eigenvalue weighted by Crippen LogP contribution is 2.32. The van der Waals surface area contributed by atoms with Crippen LogP contribution in [0.1, 0.15) is 27.1 Å². The lowest BCUT2D eigenvalue weighted by molar-refractivity contribution is 0.0718. The van der Waals surface area contributed by atoms with Gasteiger partial charge in [0, 0.05) is 44.1 Å². The third-order valence-corrected chi connectivity index (χ3v) is 4.60. The molecule has 0 atom stereocenters. The number of benzene rings is 1. The van der Waals surface area contributed by atoms with Crippen molar-refractivity contribution in [2.75, 3.05) is 33.0 Å². The summed E-state index contributed by atoms with van der Waals surface area (Å²) in [5.74, 6) is 1.15. The molecule has 4 rings (SSSR count). The fourth-order valence-corrected chi connectivity index (χ4v) is 3.21. The van der Waals surface area contributed by atoms with E-state index in [4.69, 9.17) is 9.47 Å². The Labute approximate surface area is 151 Å². The fraction of sp³-hybridized carbons (Fsp3) is 0.316. The largest absolute Gasteiger partial charge is 0.454 e. The Morgan fingerprint density at radius 3 is 2.35 bits per heavy atom. The molecule has 2 amide bonds. The molecular formula is C19H19N3O4. The van der Waals surface area contributed by atoms with Crippen LogP contribution in [0.15, 0.2) is 42.7 Å². The van der Waals surface area contributed by atoms with Crippen molar-refractivity contribution in [3.05, 3.63) is 53.9 Å². The Morgan fingerprint density at radius 2 is 1.62 bits per heavy atom. The van der Waals surface area contributed by atoms with E-state index in [0.717, 1.165) is 6.42 Å². The number of ether oxygens (including phenoxy) is 2. The van der Waals surface area contributed by atoms with Crippen LogP contribution in [0.2, 0.25) is 0 Å². The molecule has 1 fully saturated rings. The van der Waals surface area contributed by atoms with E-state index in [2.05, 4.69) is 4.98 Å². The van der Waals surface area contributed by atoms with Crippen LogP contribution in [0.5, 0.6) is 11.5 Å². The minimum Gasteiger partial charge on any atom is -0.454 e. The Bertz CT molecular complexity index is 825. The fourth-order valence-electron chi connectivity index (χ4n) is 3.21. The first-order valence-electron chi connectivity index (χ1n) is 8.60. The predicted octanol–water partition coefficient (Wildman–Crippen LogP) is 1.80. The van der Waals surface area contributed by atoms with Crippen LogP contribution in [-0.2, 0) is 0 Å².